The lowest BCUT2D eigenvalue weighted by molar-refractivity contribution is 0.836. The highest BCUT2D eigenvalue weighted by atomic mass is 15.4. The van der Waals surface area contributed by atoms with E-state index in [1.54, 1.807) is 5.01 Å². The van der Waals surface area contributed by atoms with Gasteiger partial charge in [-0.3, -0.25) is 0 Å². The van der Waals surface area contributed by atoms with Gasteiger partial charge in [0.15, 0.2) is 0 Å². The molecular formula is C12H15N3. The zero-order valence-corrected chi connectivity index (χ0v) is 8.56. The van der Waals surface area contributed by atoms with Gasteiger partial charge in [0, 0.05) is 18.5 Å². The van der Waals surface area contributed by atoms with Gasteiger partial charge in [-0.15, -0.1) is 0 Å². The van der Waals surface area contributed by atoms with Crippen LogP contribution in [0.5, 0.6) is 0 Å². The lowest BCUT2D eigenvalue weighted by atomic mass is 10.1. The number of anilines is 1. The predicted octanol–water partition coefficient (Wildman–Crippen LogP) is 1.48. The van der Waals surface area contributed by atoms with Crippen molar-refractivity contribution in [2.24, 2.45) is 11.6 Å². The van der Waals surface area contributed by atoms with E-state index >= 15 is 0 Å². The van der Waals surface area contributed by atoms with Gasteiger partial charge in [0.1, 0.15) is 0 Å². The summed E-state index contributed by atoms with van der Waals surface area (Å²) in [5.41, 5.74) is 6.52. The number of hydrogen-bond acceptors (Lipinski definition) is 3. The molecule has 4 N–H and O–H groups in total. The molecule has 0 saturated carbocycles. The van der Waals surface area contributed by atoms with Crippen molar-refractivity contribution in [2.45, 2.75) is 0 Å². The van der Waals surface area contributed by atoms with Crippen LogP contribution in [-0.2, 0) is 0 Å². The van der Waals surface area contributed by atoms with Crippen LogP contribution in [0.2, 0.25) is 0 Å². The summed E-state index contributed by atoms with van der Waals surface area (Å²) in [6.45, 7) is 1.22. The molecule has 2 rings (SSSR count). The molecule has 0 fully saturated rings. The van der Waals surface area contributed by atoms with Crippen molar-refractivity contribution in [2.75, 3.05) is 18.1 Å². The topological polar surface area (TPSA) is 55.3 Å². The van der Waals surface area contributed by atoms with E-state index in [2.05, 4.69) is 18.2 Å². The van der Waals surface area contributed by atoms with Crippen molar-refractivity contribution in [3.8, 4) is 0 Å². The molecule has 0 aromatic heterocycles. The van der Waals surface area contributed by atoms with Crippen LogP contribution in [0.1, 0.15) is 0 Å². The molecular weight excluding hydrogens is 186 g/mol. The highest BCUT2D eigenvalue weighted by Crippen LogP contribution is 2.24. The van der Waals surface area contributed by atoms with E-state index < -0.39 is 0 Å². The summed E-state index contributed by atoms with van der Waals surface area (Å²) in [5, 5.41) is 4.06. The van der Waals surface area contributed by atoms with Gasteiger partial charge in [-0.2, -0.15) is 0 Å². The second-order valence-corrected chi connectivity index (χ2v) is 3.48. The average molecular weight is 201 g/mol. The minimum Gasteiger partial charge on any atom is -0.329 e. The Morgan fingerprint density at radius 2 is 1.73 bits per heavy atom. The van der Waals surface area contributed by atoms with Crippen molar-refractivity contribution in [1.29, 1.82) is 0 Å². The van der Waals surface area contributed by atoms with Crippen LogP contribution in [0.4, 0.5) is 5.69 Å². The minimum atomic E-state index is 0.555. The van der Waals surface area contributed by atoms with Crippen LogP contribution < -0.4 is 16.6 Å². The van der Waals surface area contributed by atoms with Gasteiger partial charge in [0.2, 0.25) is 0 Å². The Morgan fingerprint density at radius 1 is 1.00 bits per heavy atom. The van der Waals surface area contributed by atoms with Crippen LogP contribution >= 0.6 is 0 Å². The van der Waals surface area contributed by atoms with E-state index in [9.17, 15) is 0 Å². The third kappa shape index (κ3) is 1.93. The van der Waals surface area contributed by atoms with E-state index in [-0.39, 0.29) is 0 Å². The van der Waals surface area contributed by atoms with E-state index in [1.807, 2.05) is 24.3 Å². The maximum Gasteiger partial charge on any atom is 0.0596 e. The maximum absolute atomic E-state index is 5.92. The fourth-order valence-corrected chi connectivity index (χ4v) is 1.72. The summed E-state index contributed by atoms with van der Waals surface area (Å²) in [7, 11) is 0. The van der Waals surface area contributed by atoms with Gasteiger partial charge in [-0.25, -0.2) is 5.84 Å². The van der Waals surface area contributed by atoms with E-state index in [4.69, 9.17) is 11.6 Å². The molecule has 0 radical (unpaired) electrons. The van der Waals surface area contributed by atoms with Gasteiger partial charge in [-0.1, -0.05) is 36.4 Å². The molecule has 3 heteroatoms. The molecule has 3 nitrogen and oxygen atoms in total. The third-order valence-corrected chi connectivity index (χ3v) is 2.45. The summed E-state index contributed by atoms with van der Waals surface area (Å²) in [4.78, 5) is 0. The van der Waals surface area contributed by atoms with E-state index in [0.29, 0.717) is 13.1 Å². The molecule has 0 aliphatic heterocycles. The molecule has 15 heavy (non-hydrogen) atoms. The van der Waals surface area contributed by atoms with Crippen LogP contribution in [0.25, 0.3) is 10.8 Å². The smallest absolute Gasteiger partial charge is 0.0596 e. The number of hydrogen-bond donors (Lipinski definition) is 2. The molecule has 0 bridgehead atoms. The zero-order valence-electron chi connectivity index (χ0n) is 8.56. The fourth-order valence-electron chi connectivity index (χ4n) is 1.72. The second kappa shape index (κ2) is 4.29. The summed E-state index contributed by atoms with van der Waals surface area (Å²) in [5.74, 6) is 5.92. The number of fused-ring (bicyclic) bond motifs is 1. The monoisotopic (exact) mass is 201 g/mol. The summed E-state index contributed by atoms with van der Waals surface area (Å²) in [6.07, 6.45) is 0. The van der Waals surface area contributed by atoms with Crippen molar-refractivity contribution in [3.05, 3.63) is 42.5 Å². The Labute approximate surface area is 89.3 Å². The molecule has 0 amide bonds. The normalized spacial score (nSPS) is 10.5. The number of rotatable bonds is 3. The Bertz CT molecular complexity index is 448. The van der Waals surface area contributed by atoms with Crippen molar-refractivity contribution in [1.82, 2.24) is 0 Å². The van der Waals surface area contributed by atoms with E-state index in [0.717, 1.165) is 11.1 Å². The van der Waals surface area contributed by atoms with Crippen LogP contribution in [0.15, 0.2) is 42.5 Å². The number of hydrazine groups is 1. The summed E-state index contributed by atoms with van der Waals surface area (Å²) in [6, 6.07) is 14.3. The molecule has 78 valence electrons. The number of nitrogens with zero attached hydrogens (tertiary/aromatic N) is 1. The van der Waals surface area contributed by atoms with Gasteiger partial charge in [0.25, 0.3) is 0 Å². The molecule has 2 aromatic carbocycles. The summed E-state index contributed by atoms with van der Waals surface area (Å²) >= 11 is 0. The molecule has 0 unspecified atom stereocenters. The highest BCUT2D eigenvalue weighted by Gasteiger charge is 2.04. The first-order valence-corrected chi connectivity index (χ1v) is 5.03. The predicted molar refractivity (Wildman–Crippen MR) is 64.5 cm³/mol. The molecule has 0 aliphatic rings. The maximum atomic E-state index is 5.92. The van der Waals surface area contributed by atoms with Crippen LogP contribution in [0.3, 0.4) is 0 Å². The van der Waals surface area contributed by atoms with Crippen LogP contribution in [-0.4, -0.2) is 13.1 Å². The van der Waals surface area contributed by atoms with Gasteiger partial charge >= 0.3 is 0 Å². The minimum absolute atomic E-state index is 0.555. The van der Waals surface area contributed by atoms with Gasteiger partial charge in [-0.05, 0) is 11.5 Å². The Balaban J connectivity index is 2.50. The second-order valence-electron chi connectivity index (χ2n) is 3.48. The Morgan fingerprint density at radius 3 is 2.53 bits per heavy atom. The lowest BCUT2D eigenvalue weighted by Gasteiger charge is -2.19. The summed E-state index contributed by atoms with van der Waals surface area (Å²) < 4.78 is 0. The molecule has 2 aromatic rings. The quantitative estimate of drug-likeness (QED) is 0.584. The van der Waals surface area contributed by atoms with Crippen molar-refractivity contribution < 1.29 is 0 Å². The average Bonchev–Trinajstić information content (AvgIpc) is 2.28. The molecule has 0 heterocycles. The zero-order chi connectivity index (χ0) is 10.7. The van der Waals surface area contributed by atoms with Crippen LogP contribution in [0, 0.1) is 0 Å². The SMILES string of the molecule is NCCN(N)c1cccc2ccccc12. The first kappa shape index (κ1) is 9.96. The van der Waals surface area contributed by atoms with Gasteiger partial charge < -0.3 is 10.7 Å². The Kier molecular flexibility index (Phi) is 2.85. The first-order chi connectivity index (χ1) is 7.33. The number of nitrogens with two attached hydrogens (primary N) is 2. The third-order valence-electron chi connectivity index (χ3n) is 2.45. The molecule has 0 aliphatic carbocycles. The largest absolute Gasteiger partial charge is 0.329 e. The Hall–Kier alpha value is -1.58. The van der Waals surface area contributed by atoms with Crippen molar-refractivity contribution in [3.63, 3.8) is 0 Å². The number of benzene rings is 2. The highest BCUT2D eigenvalue weighted by molar-refractivity contribution is 5.94. The lowest BCUT2D eigenvalue weighted by Crippen LogP contribution is -2.35. The van der Waals surface area contributed by atoms with Gasteiger partial charge in [0.05, 0.1) is 5.69 Å². The molecule has 0 atom stereocenters. The molecule has 0 spiro atoms. The van der Waals surface area contributed by atoms with Crippen molar-refractivity contribution >= 4 is 16.5 Å². The van der Waals surface area contributed by atoms with E-state index in [1.165, 1.54) is 5.39 Å². The first-order valence-electron chi connectivity index (χ1n) is 5.03. The standard InChI is InChI=1S/C12H15N3/c13-8-9-15(14)12-7-3-5-10-4-1-2-6-11(10)12/h1-7H,8-9,13-14H2. The fraction of sp³-hybridized carbons (Fsp3) is 0.167. The molecule has 0 saturated heterocycles.